The second kappa shape index (κ2) is 5.78. The average molecular weight is 292 g/mol. The Labute approximate surface area is 113 Å². The first-order valence-electron chi connectivity index (χ1n) is 6.20. The van der Waals surface area contributed by atoms with Crippen LogP contribution in [0.5, 0.6) is 0 Å². The van der Waals surface area contributed by atoms with Crippen LogP contribution in [0, 0.1) is 6.92 Å². The quantitative estimate of drug-likeness (QED) is 0.896. The van der Waals surface area contributed by atoms with Crippen LogP contribution in [-0.2, 0) is 16.0 Å². The van der Waals surface area contributed by atoms with Gasteiger partial charge in [0.1, 0.15) is 5.82 Å². The molecule has 0 spiro atoms. The summed E-state index contributed by atoms with van der Waals surface area (Å²) in [6.07, 6.45) is -5.95. The van der Waals surface area contributed by atoms with E-state index < -0.39 is 18.8 Å². The summed E-state index contributed by atoms with van der Waals surface area (Å²) in [5, 5.41) is 6.52. The molecule has 1 aliphatic rings. The maximum atomic E-state index is 12.5. The number of aryl methyl sites for hydroxylation is 2. The zero-order valence-corrected chi connectivity index (χ0v) is 10.9. The largest absolute Gasteiger partial charge is 0.416 e. The molecule has 2 heterocycles. The second-order valence-electron chi connectivity index (χ2n) is 4.58. The maximum Gasteiger partial charge on any atom is 0.416 e. The van der Waals surface area contributed by atoms with Crippen LogP contribution in [0.2, 0.25) is 0 Å². The fraction of sp³-hybridized carbons (Fsp3) is 0.727. The van der Waals surface area contributed by atoms with Gasteiger partial charge in [-0.3, -0.25) is 9.89 Å². The van der Waals surface area contributed by atoms with E-state index in [4.69, 9.17) is 0 Å². The van der Waals surface area contributed by atoms with Crippen LogP contribution in [0.4, 0.5) is 13.2 Å². The van der Waals surface area contributed by atoms with Gasteiger partial charge in [-0.2, -0.15) is 18.3 Å². The van der Waals surface area contributed by atoms with E-state index in [9.17, 15) is 18.0 Å². The number of halogens is 3. The van der Waals surface area contributed by atoms with Crippen molar-refractivity contribution < 1.29 is 22.7 Å². The van der Waals surface area contributed by atoms with Crippen LogP contribution in [0.15, 0.2) is 0 Å². The van der Waals surface area contributed by atoms with E-state index in [1.54, 1.807) is 6.92 Å². The first kappa shape index (κ1) is 14.8. The molecule has 1 amide bonds. The molecule has 1 unspecified atom stereocenters. The molecule has 9 heteroatoms. The number of carbonyl (C=O) groups is 1. The van der Waals surface area contributed by atoms with E-state index in [-0.39, 0.29) is 25.5 Å². The summed E-state index contributed by atoms with van der Waals surface area (Å²) in [5.74, 6) is 0.775. The molecule has 1 atom stereocenters. The third-order valence-electron chi connectivity index (χ3n) is 2.99. The standard InChI is InChI=1S/C11H15F3N4O2/c1-7-15-9(17-16-7)2-3-10(19)18-4-5-20-8(6-18)11(12,13)14/h8H,2-6H2,1H3,(H,15,16,17). The molecule has 0 bridgehead atoms. The van der Waals surface area contributed by atoms with Gasteiger partial charge >= 0.3 is 6.18 Å². The van der Waals surface area contributed by atoms with Gasteiger partial charge in [-0.15, -0.1) is 0 Å². The van der Waals surface area contributed by atoms with Crippen molar-refractivity contribution in [1.82, 2.24) is 20.1 Å². The molecular formula is C11H15F3N4O2. The van der Waals surface area contributed by atoms with Crippen LogP contribution >= 0.6 is 0 Å². The number of amides is 1. The van der Waals surface area contributed by atoms with Crippen molar-refractivity contribution in [3.63, 3.8) is 0 Å². The van der Waals surface area contributed by atoms with E-state index in [2.05, 4.69) is 19.9 Å². The Kier molecular flexibility index (Phi) is 4.26. The number of aromatic nitrogens is 3. The summed E-state index contributed by atoms with van der Waals surface area (Å²) in [4.78, 5) is 17.1. The van der Waals surface area contributed by atoms with Crippen LogP contribution in [0.1, 0.15) is 18.1 Å². The van der Waals surface area contributed by atoms with Crippen LogP contribution in [0.25, 0.3) is 0 Å². The van der Waals surface area contributed by atoms with Crippen molar-refractivity contribution in [3.8, 4) is 0 Å². The third-order valence-corrected chi connectivity index (χ3v) is 2.99. The number of alkyl halides is 3. The lowest BCUT2D eigenvalue weighted by molar-refractivity contribution is -0.236. The van der Waals surface area contributed by atoms with Crippen molar-refractivity contribution in [3.05, 3.63) is 11.6 Å². The molecule has 1 aromatic rings. The molecule has 2 rings (SSSR count). The normalized spacial score (nSPS) is 20.2. The second-order valence-corrected chi connectivity index (χ2v) is 4.58. The summed E-state index contributed by atoms with van der Waals surface area (Å²) in [7, 11) is 0. The highest BCUT2D eigenvalue weighted by molar-refractivity contribution is 5.76. The Morgan fingerprint density at radius 1 is 1.55 bits per heavy atom. The molecule has 6 nitrogen and oxygen atoms in total. The minimum absolute atomic E-state index is 0.0852. The van der Waals surface area contributed by atoms with Crippen LogP contribution in [0.3, 0.4) is 0 Å². The molecule has 1 fully saturated rings. The molecule has 0 radical (unpaired) electrons. The fourth-order valence-electron chi connectivity index (χ4n) is 1.95. The van der Waals surface area contributed by atoms with E-state index in [1.165, 1.54) is 4.90 Å². The van der Waals surface area contributed by atoms with Gasteiger partial charge in [-0.05, 0) is 6.92 Å². The minimum atomic E-state index is -4.44. The highest BCUT2D eigenvalue weighted by Crippen LogP contribution is 2.25. The smallest absolute Gasteiger partial charge is 0.365 e. The number of H-pyrrole nitrogens is 1. The molecule has 112 valence electrons. The minimum Gasteiger partial charge on any atom is -0.365 e. The van der Waals surface area contributed by atoms with Gasteiger partial charge in [-0.25, -0.2) is 4.98 Å². The lowest BCUT2D eigenvalue weighted by Crippen LogP contribution is -2.51. The summed E-state index contributed by atoms with van der Waals surface area (Å²) < 4.78 is 42.3. The van der Waals surface area contributed by atoms with Gasteiger partial charge in [0, 0.05) is 19.4 Å². The number of morpholine rings is 1. The molecule has 0 aromatic carbocycles. The van der Waals surface area contributed by atoms with Crippen LogP contribution < -0.4 is 0 Å². The highest BCUT2D eigenvalue weighted by atomic mass is 19.4. The lowest BCUT2D eigenvalue weighted by Gasteiger charge is -2.33. The number of rotatable bonds is 3. The number of nitrogens with one attached hydrogen (secondary N) is 1. The maximum absolute atomic E-state index is 12.5. The number of aromatic amines is 1. The SMILES string of the molecule is Cc1nc(CCC(=O)N2CCOC(C(F)(F)F)C2)n[nH]1. The van der Waals surface area contributed by atoms with E-state index in [0.717, 1.165) is 0 Å². The molecule has 1 aromatic heterocycles. The molecule has 1 aliphatic heterocycles. The van der Waals surface area contributed by atoms with E-state index in [1.807, 2.05) is 0 Å². The fourth-order valence-corrected chi connectivity index (χ4v) is 1.95. The topological polar surface area (TPSA) is 71.1 Å². The Hall–Kier alpha value is -1.64. The average Bonchev–Trinajstić information content (AvgIpc) is 2.81. The molecular weight excluding hydrogens is 277 g/mol. The van der Waals surface area contributed by atoms with E-state index in [0.29, 0.717) is 18.1 Å². The Morgan fingerprint density at radius 2 is 2.30 bits per heavy atom. The monoisotopic (exact) mass is 292 g/mol. The number of ether oxygens (including phenoxy) is 1. The molecule has 20 heavy (non-hydrogen) atoms. The molecule has 0 aliphatic carbocycles. The predicted molar refractivity (Wildman–Crippen MR) is 61.8 cm³/mol. The Morgan fingerprint density at radius 3 is 2.90 bits per heavy atom. The number of hydrogen-bond acceptors (Lipinski definition) is 4. The number of hydrogen-bond donors (Lipinski definition) is 1. The van der Waals surface area contributed by atoms with Gasteiger partial charge in [0.2, 0.25) is 5.91 Å². The summed E-state index contributed by atoms with van der Waals surface area (Å²) in [6.45, 7) is 1.36. The summed E-state index contributed by atoms with van der Waals surface area (Å²) in [6, 6.07) is 0. The van der Waals surface area contributed by atoms with Crippen molar-refractivity contribution in [1.29, 1.82) is 0 Å². The van der Waals surface area contributed by atoms with Crippen molar-refractivity contribution >= 4 is 5.91 Å². The Bertz CT molecular complexity index is 474. The molecule has 1 saturated heterocycles. The zero-order chi connectivity index (χ0) is 14.8. The van der Waals surface area contributed by atoms with Gasteiger partial charge in [0.25, 0.3) is 0 Å². The summed E-state index contributed by atoms with van der Waals surface area (Å²) in [5.41, 5.74) is 0. The molecule has 0 saturated carbocycles. The van der Waals surface area contributed by atoms with Gasteiger partial charge in [0.05, 0.1) is 13.2 Å². The predicted octanol–water partition coefficient (Wildman–Crippen LogP) is 0.835. The lowest BCUT2D eigenvalue weighted by atomic mass is 10.2. The molecule has 1 N–H and O–H groups in total. The van der Waals surface area contributed by atoms with E-state index >= 15 is 0 Å². The first-order valence-corrected chi connectivity index (χ1v) is 6.20. The zero-order valence-electron chi connectivity index (χ0n) is 10.9. The van der Waals surface area contributed by atoms with Gasteiger partial charge < -0.3 is 9.64 Å². The Balaban J connectivity index is 1.86. The number of carbonyl (C=O) groups excluding carboxylic acids is 1. The van der Waals surface area contributed by atoms with Crippen molar-refractivity contribution in [2.45, 2.75) is 32.0 Å². The van der Waals surface area contributed by atoms with Gasteiger partial charge in [-0.1, -0.05) is 0 Å². The van der Waals surface area contributed by atoms with Gasteiger partial charge in [0.15, 0.2) is 11.9 Å². The van der Waals surface area contributed by atoms with Crippen molar-refractivity contribution in [2.24, 2.45) is 0 Å². The third kappa shape index (κ3) is 3.69. The highest BCUT2D eigenvalue weighted by Gasteiger charge is 2.44. The first-order chi connectivity index (χ1) is 9.36. The van der Waals surface area contributed by atoms with Crippen LogP contribution in [-0.4, -0.2) is 58.0 Å². The van der Waals surface area contributed by atoms with Crippen molar-refractivity contribution in [2.75, 3.05) is 19.7 Å². The number of nitrogens with zero attached hydrogens (tertiary/aromatic N) is 3. The summed E-state index contributed by atoms with van der Waals surface area (Å²) >= 11 is 0.